The molecule has 0 saturated heterocycles. The molecule has 0 aromatic heterocycles. The topological polar surface area (TPSA) is 71.4 Å². The zero-order valence-corrected chi connectivity index (χ0v) is 11.3. The van der Waals surface area contributed by atoms with Gasteiger partial charge in [-0.3, -0.25) is 4.55 Å². The maximum Gasteiger partial charge on any atom is 0.276 e. The van der Waals surface area contributed by atoms with Gasteiger partial charge in [0.2, 0.25) is 0 Å². The fourth-order valence-electron chi connectivity index (χ4n) is 2.86. The summed E-state index contributed by atoms with van der Waals surface area (Å²) in [7, 11) is -4.29. The van der Waals surface area contributed by atoms with E-state index in [1.54, 1.807) is 24.3 Å². The highest BCUT2D eigenvalue weighted by molar-refractivity contribution is 7.86. The van der Waals surface area contributed by atoms with E-state index >= 15 is 0 Å². The SMILES string of the molecule is O=CCc1cccc2c1C(S(=O)(=O)O)c1ccccc1-2. The number of carbonyl (C=O) groups excluding carboxylic acids is 1. The van der Waals surface area contributed by atoms with E-state index in [0.717, 1.165) is 17.4 Å². The molecule has 1 aliphatic rings. The largest absolute Gasteiger partial charge is 0.303 e. The summed E-state index contributed by atoms with van der Waals surface area (Å²) in [6.07, 6.45) is 0.864. The first kappa shape index (κ1) is 13.0. The fourth-order valence-corrected chi connectivity index (χ4v) is 3.96. The van der Waals surface area contributed by atoms with Gasteiger partial charge in [0.05, 0.1) is 0 Å². The molecule has 2 aromatic rings. The van der Waals surface area contributed by atoms with E-state index in [1.165, 1.54) is 0 Å². The van der Waals surface area contributed by atoms with Crippen LogP contribution in [0.1, 0.15) is 21.9 Å². The van der Waals surface area contributed by atoms with E-state index in [4.69, 9.17) is 0 Å². The minimum absolute atomic E-state index is 0.128. The van der Waals surface area contributed by atoms with Crippen LogP contribution in [0.4, 0.5) is 0 Å². The van der Waals surface area contributed by atoms with Gasteiger partial charge in [-0.05, 0) is 27.8 Å². The second kappa shape index (κ2) is 4.54. The van der Waals surface area contributed by atoms with Crippen LogP contribution in [0.15, 0.2) is 42.5 Å². The molecule has 0 fully saturated rings. The molecule has 0 amide bonds. The van der Waals surface area contributed by atoms with Crippen molar-refractivity contribution in [1.82, 2.24) is 0 Å². The average molecular weight is 288 g/mol. The van der Waals surface area contributed by atoms with Gasteiger partial charge in [0.1, 0.15) is 11.5 Å². The van der Waals surface area contributed by atoms with Crippen LogP contribution >= 0.6 is 0 Å². The lowest BCUT2D eigenvalue weighted by molar-refractivity contribution is -0.107. The third kappa shape index (κ3) is 1.87. The summed E-state index contributed by atoms with van der Waals surface area (Å²) < 4.78 is 33.2. The van der Waals surface area contributed by atoms with E-state index in [2.05, 4.69) is 0 Å². The molecule has 2 aromatic carbocycles. The molecule has 20 heavy (non-hydrogen) atoms. The summed E-state index contributed by atoms with van der Waals surface area (Å²) in [5, 5.41) is -1.11. The Balaban J connectivity index is 2.37. The second-order valence-corrected chi connectivity index (χ2v) is 6.23. The smallest absolute Gasteiger partial charge is 0.276 e. The summed E-state index contributed by atoms with van der Waals surface area (Å²) >= 11 is 0. The van der Waals surface area contributed by atoms with Crippen LogP contribution in [0.2, 0.25) is 0 Å². The van der Waals surface area contributed by atoms with Gasteiger partial charge < -0.3 is 4.79 Å². The Morgan fingerprint density at radius 2 is 1.75 bits per heavy atom. The van der Waals surface area contributed by atoms with Gasteiger partial charge in [0.15, 0.2) is 0 Å². The monoisotopic (exact) mass is 288 g/mol. The maximum atomic E-state index is 11.8. The molecule has 1 aliphatic carbocycles. The first-order chi connectivity index (χ1) is 9.54. The van der Waals surface area contributed by atoms with Gasteiger partial charge in [0.25, 0.3) is 10.1 Å². The molecule has 3 rings (SSSR count). The van der Waals surface area contributed by atoms with Gasteiger partial charge in [0, 0.05) is 6.42 Å². The summed E-state index contributed by atoms with van der Waals surface area (Å²) in [5.74, 6) is 0. The van der Waals surface area contributed by atoms with E-state index in [1.807, 2.05) is 18.2 Å². The number of rotatable bonds is 3. The summed E-state index contributed by atoms with van der Waals surface area (Å²) in [6.45, 7) is 0. The van der Waals surface area contributed by atoms with Crippen molar-refractivity contribution < 1.29 is 17.8 Å². The number of carbonyl (C=O) groups is 1. The standard InChI is InChI=1S/C15H12O4S/c16-9-8-10-4-3-7-12-11-5-1-2-6-13(11)15(14(10)12)20(17,18)19/h1-7,9,15H,8H2,(H,17,18,19). The van der Waals surface area contributed by atoms with E-state index < -0.39 is 15.4 Å². The van der Waals surface area contributed by atoms with Crippen molar-refractivity contribution in [3.05, 3.63) is 59.2 Å². The Morgan fingerprint density at radius 3 is 2.45 bits per heavy atom. The van der Waals surface area contributed by atoms with Crippen LogP contribution < -0.4 is 0 Å². The van der Waals surface area contributed by atoms with Crippen molar-refractivity contribution in [2.75, 3.05) is 0 Å². The molecule has 0 spiro atoms. The van der Waals surface area contributed by atoms with Crippen molar-refractivity contribution in [3.63, 3.8) is 0 Å². The third-order valence-corrected chi connectivity index (χ3v) is 4.68. The lowest BCUT2D eigenvalue weighted by Gasteiger charge is -2.13. The van der Waals surface area contributed by atoms with E-state index in [0.29, 0.717) is 16.7 Å². The Bertz CT molecular complexity index is 793. The van der Waals surface area contributed by atoms with Gasteiger partial charge in [-0.25, -0.2) is 0 Å². The van der Waals surface area contributed by atoms with Crippen LogP contribution in [-0.4, -0.2) is 19.3 Å². The Morgan fingerprint density at radius 1 is 1.05 bits per heavy atom. The quantitative estimate of drug-likeness (QED) is 0.695. The molecule has 0 bridgehead atoms. The number of fused-ring (bicyclic) bond motifs is 3. The molecule has 0 saturated carbocycles. The molecule has 1 atom stereocenters. The molecule has 0 aliphatic heterocycles. The highest BCUT2D eigenvalue weighted by atomic mass is 32.2. The van der Waals surface area contributed by atoms with Crippen LogP contribution in [-0.2, 0) is 21.3 Å². The van der Waals surface area contributed by atoms with Gasteiger partial charge in [-0.2, -0.15) is 8.42 Å². The van der Waals surface area contributed by atoms with Gasteiger partial charge >= 0.3 is 0 Å². The van der Waals surface area contributed by atoms with Crippen molar-refractivity contribution >= 4 is 16.4 Å². The van der Waals surface area contributed by atoms with Crippen molar-refractivity contribution in [2.45, 2.75) is 11.7 Å². The second-order valence-electron chi connectivity index (χ2n) is 4.73. The van der Waals surface area contributed by atoms with Gasteiger partial charge in [-0.1, -0.05) is 42.5 Å². The average Bonchev–Trinajstić information content (AvgIpc) is 2.74. The van der Waals surface area contributed by atoms with Crippen molar-refractivity contribution in [1.29, 1.82) is 0 Å². The molecule has 0 radical (unpaired) electrons. The highest BCUT2D eigenvalue weighted by Crippen LogP contribution is 2.48. The molecular formula is C15H12O4S. The van der Waals surface area contributed by atoms with Crippen molar-refractivity contribution in [2.24, 2.45) is 0 Å². The molecule has 5 heteroatoms. The Kier molecular flexibility index (Phi) is 2.96. The highest BCUT2D eigenvalue weighted by Gasteiger charge is 2.38. The van der Waals surface area contributed by atoms with E-state index in [-0.39, 0.29) is 6.42 Å². The predicted octanol–water partition coefficient (Wildman–Crippen LogP) is 2.39. The molecule has 1 N–H and O–H groups in total. The fraction of sp³-hybridized carbons (Fsp3) is 0.133. The molecule has 0 heterocycles. The lowest BCUT2D eigenvalue weighted by atomic mass is 9.99. The maximum absolute atomic E-state index is 11.8. The minimum Gasteiger partial charge on any atom is -0.303 e. The van der Waals surface area contributed by atoms with Gasteiger partial charge in [-0.15, -0.1) is 0 Å². The minimum atomic E-state index is -4.29. The van der Waals surface area contributed by atoms with Crippen LogP contribution in [0.3, 0.4) is 0 Å². The Hall–Kier alpha value is -1.98. The first-order valence-corrected chi connectivity index (χ1v) is 7.65. The number of hydrogen-bond donors (Lipinski definition) is 1. The zero-order valence-electron chi connectivity index (χ0n) is 10.5. The molecular weight excluding hydrogens is 276 g/mol. The summed E-state index contributed by atoms with van der Waals surface area (Å²) in [4.78, 5) is 10.8. The first-order valence-electron chi connectivity index (χ1n) is 6.15. The molecule has 1 unspecified atom stereocenters. The Labute approximate surface area is 116 Å². The number of aldehydes is 1. The number of benzene rings is 2. The third-order valence-electron chi connectivity index (χ3n) is 3.59. The summed E-state index contributed by atoms with van der Waals surface area (Å²) in [6, 6.07) is 12.4. The molecule has 4 nitrogen and oxygen atoms in total. The normalized spacial score (nSPS) is 16.6. The number of hydrogen-bond acceptors (Lipinski definition) is 3. The predicted molar refractivity (Wildman–Crippen MR) is 75.0 cm³/mol. The summed E-state index contributed by atoms with van der Waals surface area (Å²) in [5.41, 5.74) is 3.27. The van der Waals surface area contributed by atoms with Crippen LogP contribution in [0.25, 0.3) is 11.1 Å². The zero-order chi connectivity index (χ0) is 14.3. The van der Waals surface area contributed by atoms with Crippen LogP contribution in [0, 0.1) is 0 Å². The van der Waals surface area contributed by atoms with Crippen molar-refractivity contribution in [3.8, 4) is 11.1 Å². The lowest BCUT2D eigenvalue weighted by Crippen LogP contribution is -2.13. The van der Waals surface area contributed by atoms with E-state index in [9.17, 15) is 17.8 Å². The van der Waals surface area contributed by atoms with Crippen LogP contribution in [0.5, 0.6) is 0 Å². The molecule has 102 valence electrons.